The zero-order chi connectivity index (χ0) is 22.1. The molecule has 1 N–H and O–H groups in total. The monoisotopic (exact) mass is 469 g/mol. The summed E-state index contributed by atoms with van der Waals surface area (Å²) in [6.45, 7) is 1.06. The highest BCUT2D eigenvalue weighted by Gasteiger charge is 2.23. The van der Waals surface area contributed by atoms with Crippen LogP contribution >= 0.6 is 23.4 Å². The van der Waals surface area contributed by atoms with E-state index in [0.717, 1.165) is 18.2 Å². The molecule has 2 aromatic carbocycles. The first-order valence-electron chi connectivity index (χ1n) is 10.3. The van der Waals surface area contributed by atoms with Crippen molar-refractivity contribution in [3.05, 3.63) is 63.9 Å². The topological polar surface area (TPSA) is 86.4 Å². The Morgan fingerprint density at radius 3 is 2.94 bits per heavy atom. The van der Waals surface area contributed by atoms with Gasteiger partial charge < -0.3 is 14.5 Å². The number of anilines is 1. The second kappa shape index (κ2) is 8.97. The number of thioether (sulfide) groups is 1. The molecule has 3 heterocycles. The van der Waals surface area contributed by atoms with E-state index in [1.165, 1.54) is 11.8 Å². The van der Waals surface area contributed by atoms with Crippen LogP contribution < -0.4 is 10.9 Å². The first kappa shape index (κ1) is 21.1. The molecule has 32 heavy (non-hydrogen) atoms. The van der Waals surface area contributed by atoms with Crippen LogP contribution in [0.1, 0.15) is 12.8 Å². The van der Waals surface area contributed by atoms with E-state index >= 15 is 0 Å². The van der Waals surface area contributed by atoms with Crippen molar-refractivity contribution in [2.45, 2.75) is 30.6 Å². The van der Waals surface area contributed by atoms with Gasteiger partial charge in [0.05, 0.1) is 18.4 Å². The highest BCUT2D eigenvalue weighted by atomic mass is 35.5. The molecule has 1 aliphatic rings. The summed E-state index contributed by atoms with van der Waals surface area (Å²) in [5.41, 5.74) is 1.68. The zero-order valence-electron chi connectivity index (χ0n) is 17.0. The number of carbonyl (C=O) groups excluding carboxylic acids is 1. The Morgan fingerprint density at radius 2 is 2.12 bits per heavy atom. The Bertz CT molecular complexity index is 1360. The fourth-order valence-corrected chi connectivity index (χ4v) is 4.80. The summed E-state index contributed by atoms with van der Waals surface area (Å²) in [7, 11) is 0. The number of furan rings is 1. The van der Waals surface area contributed by atoms with E-state index in [1.807, 2.05) is 24.3 Å². The number of amides is 1. The van der Waals surface area contributed by atoms with Crippen molar-refractivity contribution in [1.82, 2.24) is 9.55 Å². The molecule has 1 saturated heterocycles. The molecule has 0 aliphatic carbocycles. The quantitative estimate of drug-likeness (QED) is 0.325. The molecule has 164 valence electrons. The smallest absolute Gasteiger partial charge is 0.297 e. The number of nitrogens with one attached hydrogen (secondary N) is 1. The minimum absolute atomic E-state index is 0.0593. The molecule has 1 unspecified atom stereocenters. The largest absolute Gasteiger partial charge is 0.448 e. The molecule has 0 saturated carbocycles. The fourth-order valence-electron chi connectivity index (χ4n) is 3.81. The molecule has 5 rings (SSSR count). The minimum atomic E-state index is -0.264. The Hall–Kier alpha value is -2.81. The van der Waals surface area contributed by atoms with E-state index < -0.39 is 0 Å². The third-order valence-electron chi connectivity index (χ3n) is 5.30. The Morgan fingerprint density at radius 1 is 1.25 bits per heavy atom. The fraction of sp³-hybridized carbons (Fsp3) is 0.261. The van der Waals surface area contributed by atoms with Crippen LogP contribution in [-0.2, 0) is 16.1 Å². The molecule has 4 aromatic rings. The van der Waals surface area contributed by atoms with Crippen molar-refractivity contribution < 1.29 is 13.9 Å². The molecule has 1 atom stereocenters. The molecular weight excluding hydrogens is 450 g/mol. The number of aromatic nitrogens is 2. The second-order valence-corrected chi connectivity index (χ2v) is 8.95. The number of nitrogens with zero attached hydrogens (tertiary/aromatic N) is 2. The molecule has 9 heteroatoms. The number of halogens is 1. The van der Waals surface area contributed by atoms with E-state index in [0.29, 0.717) is 40.1 Å². The van der Waals surface area contributed by atoms with Gasteiger partial charge in [0.2, 0.25) is 11.5 Å². The molecule has 0 radical (unpaired) electrons. The van der Waals surface area contributed by atoms with Crippen LogP contribution in [-0.4, -0.2) is 33.9 Å². The summed E-state index contributed by atoms with van der Waals surface area (Å²) in [4.78, 5) is 30.6. The number of fused-ring (bicyclic) bond motifs is 3. The number of carbonyl (C=O) groups is 1. The average molecular weight is 470 g/mol. The lowest BCUT2D eigenvalue weighted by atomic mass is 10.2. The molecule has 0 spiro atoms. The number of para-hydroxylation sites is 1. The summed E-state index contributed by atoms with van der Waals surface area (Å²) in [5.74, 6) is -0.126. The predicted molar refractivity (Wildman–Crippen MR) is 126 cm³/mol. The van der Waals surface area contributed by atoms with E-state index in [2.05, 4.69) is 5.32 Å². The van der Waals surface area contributed by atoms with Gasteiger partial charge in [-0.15, -0.1) is 0 Å². The third kappa shape index (κ3) is 4.26. The van der Waals surface area contributed by atoms with Gasteiger partial charge in [0.15, 0.2) is 5.16 Å². The lowest BCUT2D eigenvalue weighted by Gasteiger charge is -2.15. The van der Waals surface area contributed by atoms with Crippen LogP contribution in [0.15, 0.2) is 62.9 Å². The van der Waals surface area contributed by atoms with Gasteiger partial charge in [-0.3, -0.25) is 14.2 Å². The molecule has 0 bridgehead atoms. The first-order valence-corrected chi connectivity index (χ1v) is 11.7. The lowest BCUT2D eigenvalue weighted by molar-refractivity contribution is -0.113. The van der Waals surface area contributed by atoms with Gasteiger partial charge in [-0.1, -0.05) is 41.6 Å². The van der Waals surface area contributed by atoms with Gasteiger partial charge in [-0.25, -0.2) is 4.98 Å². The van der Waals surface area contributed by atoms with Crippen LogP contribution in [0.25, 0.3) is 22.1 Å². The van der Waals surface area contributed by atoms with Crippen LogP contribution in [0.5, 0.6) is 0 Å². The maximum Gasteiger partial charge on any atom is 0.297 e. The normalized spacial score (nSPS) is 16.1. The molecule has 1 fully saturated rings. The highest BCUT2D eigenvalue weighted by Crippen LogP contribution is 2.28. The van der Waals surface area contributed by atoms with E-state index in [4.69, 9.17) is 25.7 Å². The maximum atomic E-state index is 13.3. The number of rotatable bonds is 6. The van der Waals surface area contributed by atoms with E-state index in [1.54, 1.807) is 28.8 Å². The summed E-state index contributed by atoms with van der Waals surface area (Å²) in [6, 6.07) is 14.4. The Labute approximate surface area is 192 Å². The van der Waals surface area contributed by atoms with Crippen molar-refractivity contribution in [2.75, 3.05) is 17.7 Å². The number of hydrogen-bond donors (Lipinski definition) is 1. The first-order chi connectivity index (χ1) is 15.6. The summed E-state index contributed by atoms with van der Waals surface area (Å²) >= 11 is 7.20. The molecular formula is C23H20ClN3O4S. The lowest BCUT2D eigenvalue weighted by Crippen LogP contribution is -2.29. The molecule has 2 aromatic heterocycles. The number of benzene rings is 2. The molecule has 1 aliphatic heterocycles. The van der Waals surface area contributed by atoms with Gasteiger partial charge in [0, 0.05) is 22.7 Å². The number of hydrogen-bond acceptors (Lipinski definition) is 6. The summed E-state index contributed by atoms with van der Waals surface area (Å²) in [6.07, 6.45) is 1.78. The second-order valence-electron chi connectivity index (χ2n) is 7.57. The van der Waals surface area contributed by atoms with Crippen LogP contribution in [0, 0.1) is 0 Å². The van der Waals surface area contributed by atoms with Crippen molar-refractivity contribution >= 4 is 57.0 Å². The molecule has 7 nitrogen and oxygen atoms in total. The van der Waals surface area contributed by atoms with E-state index in [9.17, 15) is 9.59 Å². The SMILES string of the molecule is O=C(CSc1nc2c(oc3ccccc32)c(=O)n1CC1CCCO1)Nc1cccc(Cl)c1. The van der Waals surface area contributed by atoms with Gasteiger partial charge in [-0.2, -0.15) is 0 Å². The van der Waals surface area contributed by atoms with Crippen LogP contribution in [0.4, 0.5) is 5.69 Å². The minimum Gasteiger partial charge on any atom is -0.448 e. The summed E-state index contributed by atoms with van der Waals surface area (Å²) < 4.78 is 13.1. The zero-order valence-corrected chi connectivity index (χ0v) is 18.6. The van der Waals surface area contributed by atoms with Crippen molar-refractivity contribution in [3.8, 4) is 0 Å². The van der Waals surface area contributed by atoms with Crippen LogP contribution in [0.2, 0.25) is 5.02 Å². The maximum absolute atomic E-state index is 13.3. The third-order valence-corrected chi connectivity index (χ3v) is 6.51. The van der Waals surface area contributed by atoms with Crippen molar-refractivity contribution in [2.24, 2.45) is 0 Å². The van der Waals surface area contributed by atoms with Crippen molar-refractivity contribution in [1.29, 1.82) is 0 Å². The van der Waals surface area contributed by atoms with Crippen molar-refractivity contribution in [3.63, 3.8) is 0 Å². The van der Waals surface area contributed by atoms with Gasteiger partial charge in [-0.05, 0) is 43.2 Å². The van der Waals surface area contributed by atoms with Gasteiger partial charge in [0.1, 0.15) is 11.1 Å². The summed E-state index contributed by atoms with van der Waals surface area (Å²) in [5, 5.41) is 4.60. The van der Waals surface area contributed by atoms with Gasteiger partial charge in [0.25, 0.3) is 5.56 Å². The molecule has 1 amide bonds. The number of ether oxygens (including phenoxy) is 1. The highest BCUT2D eigenvalue weighted by molar-refractivity contribution is 7.99. The predicted octanol–water partition coefficient (Wildman–Crippen LogP) is 4.71. The van der Waals surface area contributed by atoms with Gasteiger partial charge >= 0.3 is 0 Å². The Kier molecular flexibility index (Phi) is 5.91. The Balaban J connectivity index is 1.47. The standard InChI is InChI=1S/C23H20ClN3O4S/c24-14-5-3-6-15(11-14)25-19(28)13-32-23-26-20-17-8-1-2-9-18(17)31-21(20)22(29)27(23)12-16-7-4-10-30-16/h1-3,5-6,8-9,11,16H,4,7,10,12-13H2,(H,25,28). The van der Waals surface area contributed by atoms with Crippen LogP contribution in [0.3, 0.4) is 0 Å². The average Bonchev–Trinajstić information content (AvgIpc) is 3.42. The van der Waals surface area contributed by atoms with E-state index in [-0.39, 0.29) is 28.9 Å².